The Kier molecular flexibility index (Phi) is 2.14. The average Bonchev–Trinajstić information content (AvgIpc) is 2.38. The van der Waals surface area contributed by atoms with Gasteiger partial charge in [0.2, 0.25) is 0 Å². The van der Waals surface area contributed by atoms with Gasteiger partial charge in [0, 0.05) is 18.0 Å². The van der Waals surface area contributed by atoms with Crippen molar-refractivity contribution < 1.29 is 4.42 Å². The summed E-state index contributed by atoms with van der Waals surface area (Å²) < 4.78 is 4.83. The van der Waals surface area contributed by atoms with Crippen LogP contribution in [-0.2, 0) is 0 Å². The van der Waals surface area contributed by atoms with Gasteiger partial charge in [-0.3, -0.25) is 0 Å². The zero-order valence-corrected chi connectivity index (χ0v) is 5.58. The Bertz CT molecular complexity index is 220. The van der Waals surface area contributed by atoms with Crippen molar-refractivity contribution in [1.29, 1.82) is 0 Å². The molecule has 1 aromatic rings. The lowest BCUT2D eigenvalue weighted by Crippen LogP contribution is -2.07. The second-order valence-corrected chi connectivity index (χ2v) is 2.07. The molecule has 2 nitrogen and oxygen atoms in total. The molecule has 0 saturated heterocycles. The van der Waals surface area contributed by atoms with E-state index in [1.807, 2.05) is 6.07 Å². The van der Waals surface area contributed by atoms with Gasteiger partial charge >= 0.3 is 0 Å². The van der Waals surface area contributed by atoms with Crippen LogP contribution in [0.25, 0.3) is 0 Å². The van der Waals surface area contributed by atoms with Crippen LogP contribution < -0.4 is 5.73 Å². The normalized spacial score (nSPS) is 12.4. The van der Waals surface area contributed by atoms with Crippen LogP contribution in [0.4, 0.5) is 0 Å². The first-order chi connectivity index (χ1) is 4.84. The molecule has 2 heteroatoms. The van der Waals surface area contributed by atoms with Crippen molar-refractivity contribution in [3.05, 3.63) is 24.2 Å². The molecule has 52 valence electrons. The molecule has 0 radical (unpaired) electrons. The van der Waals surface area contributed by atoms with E-state index in [1.165, 1.54) is 0 Å². The van der Waals surface area contributed by atoms with Crippen LogP contribution in [0, 0.1) is 12.3 Å². The number of hydrogen-bond acceptors (Lipinski definition) is 2. The van der Waals surface area contributed by atoms with E-state index >= 15 is 0 Å². The molecule has 0 saturated carbocycles. The van der Waals surface area contributed by atoms with Crippen molar-refractivity contribution >= 4 is 0 Å². The molecule has 1 heterocycles. The third-order valence-electron chi connectivity index (χ3n) is 1.31. The fourth-order valence-electron chi connectivity index (χ4n) is 0.731. The first-order valence-corrected chi connectivity index (χ1v) is 3.05. The minimum Gasteiger partial charge on any atom is -0.472 e. The van der Waals surface area contributed by atoms with E-state index < -0.39 is 0 Å². The summed E-state index contributed by atoms with van der Waals surface area (Å²) in [5.41, 5.74) is 6.60. The van der Waals surface area contributed by atoms with Gasteiger partial charge in [-0.1, -0.05) is 0 Å². The molecule has 1 atom stereocenters. The van der Waals surface area contributed by atoms with Crippen molar-refractivity contribution in [2.24, 2.45) is 5.73 Å². The Hall–Kier alpha value is -1.20. The molecule has 1 rings (SSSR count). The summed E-state index contributed by atoms with van der Waals surface area (Å²) in [6, 6.07) is 1.74. The Morgan fingerprint density at radius 1 is 1.80 bits per heavy atom. The van der Waals surface area contributed by atoms with Gasteiger partial charge in [-0.05, 0) is 6.07 Å². The number of nitrogens with two attached hydrogens (primary N) is 1. The third-order valence-corrected chi connectivity index (χ3v) is 1.31. The van der Waals surface area contributed by atoms with Gasteiger partial charge in [-0.25, -0.2) is 0 Å². The molecule has 0 spiro atoms. The van der Waals surface area contributed by atoms with Gasteiger partial charge in [0.15, 0.2) is 0 Å². The zero-order valence-electron chi connectivity index (χ0n) is 5.58. The topological polar surface area (TPSA) is 39.2 Å². The smallest absolute Gasteiger partial charge is 0.0950 e. The molecule has 0 aliphatic heterocycles. The standard InChI is InChI=1S/C8H9NO/c1-2-3-8(9)7-4-5-10-6-7/h1,4-6,8H,3,9H2. The van der Waals surface area contributed by atoms with Crippen LogP contribution in [0.15, 0.2) is 23.0 Å². The molecule has 0 aromatic carbocycles. The predicted octanol–water partition coefficient (Wildman–Crippen LogP) is 1.30. The van der Waals surface area contributed by atoms with Crippen molar-refractivity contribution in [2.75, 3.05) is 0 Å². The summed E-state index contributed by atoms with van der Waals surface area (Å²) >= 11 is 0. The second kappa shape index (κ2) is 3.09. The van der Waals surface area contributed by atoms with E-state index in [1.54, 1.807) is 12.5 Å². The van der Waals surface area contributed by atoms with Gasteiger partial charge in [-0.2, -0.15) is 0 Å². The largest absolute Gasteiger partial charge is 0.472 e. The zero-order chi connectivity index (χ0) is 7.40. The molecule has 10 heavy (non-hydrogen) atoms. The summed E-state index contributed by atoms with van der Waals surface area (Å²) in [5.74, 6) is 2.49. The van der Waals surface area contributed by atoms with Crippen LogP contribution in [0.3, 0.4) is 0 Å². The maximum absolute atomic E-state index is 5.65. The van der Waals surface area contributed by atoms with E-state index in [0.717, 1.165) is 5.56 Å². The summed E-state index contributed by atoms with van der Waals surface area (Å²) in [4.78, 5) is 0. The summed E-state index contributed by atoms with van der Waals surface area (Å²) in [7, 11) is 0. The molecule has 1 aromatic heterocycles. The summed E-state index contributed by atoms with van der Waals surface area (Å²) in [6.07, 6.45) is 8.83. The maximum atomic E-state index is 5.65. The minimum absolute atomic E-state index is 0.0799. The third kappa shape index (κ3) is 1.40. The van der Waals surface area contributed by atoms with E-state index in [9.17, 15) is 0 Å². The summed E-state index contributed by atoms with van der Waals surface area (Å²) in [6.45, 7) is 0. The summed E-state index contributed by atoms with van der Waals surface area (Å²) in [5, 5.41) is 0. The molecule has 0 aliphatic rings. The van der Waals surface area contributed by atoms with E-state index in [0.29, 0.717) is 6.42 Å². The quantitative estimate of drug-likeness (QED) is 0.621. The van der Waals surface area contributed by atoms with Crippen LogP contribution in [0.2, 0.25) is 0 Å². The maximum Gasteiger partial charge on any atom is 0.0950 e. The fraction of sp³-hybridized carbons (Fsp3) is 0.250. The SMILES string of the molecule is C#CCC(N)c1ccoc1. The van der Waals surface area contributed by atoms with Gasteiger partial charge in [0.05, 0.1) is 12.5 Å². The lowest BCUT2D eigenvalue weighted by Gasteiger charge is -2.01. The molecule has 2 N–H and O–H groups in total. The predicted molar refractivity (Wildman–Crippen MR) is 39.1 cm³/mol. The first kappa shape index (κ1) is 6.91. The molecule has 0 fully saturated rings. The molecular weight excluding hydrogens is 126 g/mol. The highest BCUT2D eigenvalue weighted by atomic mass is 16.3. The van der Waals surface area contributed by atoms with Crippen molar-refractivity contribution in [1.82, 2.24) is 0 Å². The second-order valence-electron chi connectivity index (χ2n) is 2.07. The van der Waals surface area contributed by atoms with Crippen LogP contribution in [-0.4, -0.2) is 0 Å². The molecular formula is C8H9NO. The molecule has 0 bridgehead atoms. The molecule has 0 aliphatic carbocycles. The minimum atomic E-state index is -0.0799. The Balaban J connectivity index is 2.61. The van der Waals surface area contributed by atoms with E-state index in [-0.39, 0.29) is 6.04 Å². The Morgan fingerprint density at radius 3 is 3.10 bits per heavy atom. The fourth-order valence-corrected chi connectivity index (χ4v) is 0.731. The molecule has 0 amide bonds. The highest BCUT2D eigenvalue weighted by molar-refractivity contribution is 5.12. The lowest BCUT2D eigenvalue weighted by molar-refractivity contribution is 0.559. The van der Waals surface area contributed by atoms with E-state index in [4.69, 9.17) is 16.6 Å². The Labute approximate surface area is 60.0 Å². The van der Waals surface area contributed by atoms with Gasteiger partial charge < -0.3 is 10.2 Å². The van der Waals surface area contributed by atoms with Crippen molar-refractivity contribution in [3.8, 4) is 12.3 Å². The number of hydrogen-bond donors (Lipinski definition) is 1. The van der Waals surface area contributed by atoms with Gasteiger partial charge in [-0.15, -0.1) is 12.3 Å². The number of terminal acetylenes is 1. The average molecular weight is 135 g/mol. The van der Waals surface area contributed by atoms with Crippen molar-refractivity contribution in [3.63, 3.8) is 0 Å². The van der Waals surface area contributed by atoms with E-state index in [2.05, 4.69) is 5.92 Å². The lowest BCUT2D eigenvalue weighted by atomic mass is 10.1. The monoisotopic (exact) mass is 135 g/mol. The first-order valence-electron chi connectivity index (χ1n) is 3.05. The number of rotatable bonds is 2. The van der Waals surface area contributed by atoms with Crippen LogP contribution in [0.5, 0.6) is 0 Å². The van der Waals surface area contributed by atoms with Crippen LogP contribution in [0.1, 0.15) is 18.0 Å². The highest BCUT2D eigenvalue weighted by Crippen LogP contribution is 2.12. The van der Waals surface area contributed by atoms with Crippen LogP contribution >= 0.6 is 0 Å². The van der Waals surface area contributed by atoms with Gasteiger partial charge in [0.25, 0.3) is 0 Å². The number of furan rings is 1. The van der Waals surface area contributed by atoms with Crippen molar-refractivity contribution in [2.45, 2.75) is 12.5 Å². The molecule has 1 unspecified atom stereocenters. The highest BCUT2D eigenvalue weighted by Gasteiger charge is 2.03. The Morgan fingerprint density at radius 2 is 2.60 bits per heavy atom. The van der Waals surface area contributed by atoms with Gasteiger partial charge in [0.1, 0.15) is 0 Å².